The summed E-state index contributed by atoms with van der Waals surface area (Å²) in [7, 11) is 0. The third kappa shape index (κ3) is 7.54. The largest absolute Gasteiger partial charge is 0.432 e. The van der Waals surface area contributed by atoms with Crippen LogP contribution in [0.4, 0.5) is 0 Å². The van der Waals surface area contributed by atoms with Crippen molar-refractivity contribution >= 4 is 23.9 Å². The van der Waals surface area contributed by atoms with Crippen molar-refractivity contribution in [1.82, 2.24) is 0 Å². The molecular formula is C64H90O20. The van der Waals surface area contributed by atoms with Crippen LogP contribution in [-0.2, 0) is 96.2 Å². The van der Waals surface area contributed by atoms with E-state index in [2.05, 4.69) is 27.7 Å². The monoisotopic (exact) mass is 1180 g/mol. The second kappa shape index (κ2) is 19.0. The fraction of sp³-hybridized carbons (Fsp3) is 0.938. The molecule has 0 aromatic heterocycles. The van der Waals surface area contributed by atoms with Crippen molar-refractivity contribution in [2.45, 2.75) is 280 Å². The highest BCUT2D eigenvalue weighted by atomic mass is 17.3. The van der Waals surface area contributed by atoms with Crippen molar-refractivity contribution in [3.63, 3.8) is 0 Å². The van der Waals surface area contributed by atoms with E-state index in [1.54, 1.807) is 0 Å². The molecule has 0 unspecified atom stereocenters. The van der Waals surface area contributed by atoms with Gasteiger partial charge in [-0.15, -0.1) is 0 Å². The SMILES string of the molecule is C[C@@H]1CC[C@H]2[C@H](C[C@@]3(CCCCCC[C@]4(C[C@@H]5C(=O)O[C@@H]6O[C@@]7(C)CC[C@H]8[C@H](C)CC[C@@H]5[C@@]68OO7)C(=O)O[C@@H]5O[C@@]6(C)CC[C@H]7[C@H](C)CC[C@@H]4[C@@]57OO6)C(=O)O[C@@H]4O[C@@]5(C)CC[C@H]6[C@H](C)CC[C@@H]3[C@@]46OO5)C(=O)O[C@@H]3O[C@@]4(C)CC[C@@H]1[C@]32OO4. The lowest BCUT2D eigenvalue weighted by Gasteiger charge is -2.63. The van der Waals surface area contributed by atoms with Crippen molar-refractivity contribution < 1.29 is 96.2 Å². The van der Waals surface area contributed by atoms with Crippen LogP contribution < -0.4 is 0 Å². The standard InChI is InChI=1S/C64H90O20/c1-33-13-17-43-37(47(65)69-51-61(43)39(33)21-27-55(5,73-51)77-81-61)31-59(45-19-15-35(3)41-23-29-57(7)75-53(71-49(59)67)63(41,45)83-79-57)25-11-9-10-12-26-60(46-20-16-36(4)42-24-30-58(8)76-54(72-50(60)68)64(42,46)84-80-58)32-38-44-18-14-34(2)40-22-28-56(6)74-52(70-48(38)66)62(40,44)82-78-56/h33-46,51-54H,9-32H2,1-8H3/t33-,34-,35-,36-,37+,38+,39+,40+,41+,42+,43+,44+,45+,46+,51-,52-,53-,54-,55-,56-,57-,58-,59-,60-,61-,62-,63-,64-/m1/s1. The number of hydrogen-bond donors (Lipinski definition) is 0. The van der Waals surface area contributed by atoms with Crippen LogP contribution in [0, 0.1) is 93.7 Å². The van der Waals surface area contributed by atoms with Gasteiger partial charge in [-0.05, 0) is 154 Å². The summed E-state index contributed by atoms with van der Waals surface area (Å²) in [4.78, 5) is 113. The van der Waals surface area contributed by atoms with E-state index in [1.165, 1.54) is 0 Å². The lowest BCUT2D eigenvalue weighted by Crippen LogP contribution is -2.74. The molecule has 0 amide bonds. The average molecular weight is 1180 g/mol. The van der Waals surface area contributed by atoms with Gasteiger partial charge in [-0.2, -0.15) is 0 Å². The summed E-state index contributed by atoms with van der Waals surface area (Å²) in [5.41, 5.74) is -6.76. The molecule has 20 nitrogen and oxygen atoms in total. The fourth-order valence-corrected chi connectivity index (χ4v) is 22.4. The van der Waals surface area contributed by atoms with E-state index in [0.29, 0.717) is 89.9 Å². The van der Waals surface area contributed by atoms with Crippen LogP contribution in [0.3, 0.4) is 0 Å². The van der Waals surface area contributed by atoms with Gasteiger partial charge in [-0.25, -0.2) is 39.1 Å². The minimum Gasteiger partial charge on any atom is -0.432 e. The van der Waals surface area contributed by atoms with E-state index in [4.69, 9.17) is 77.0 Å². The predicted molar refractivity (Wildman–Crippen MR) is 284 cm³/mol. The average Bonchev–Trinajstić information content (AvgIpc) is 1.19. The zero-order valence-electron chi connectivity index (χ0n) is 50.5. The molecule has 0 N–H and O–H groups in total. The van der Waals surface area contributed by atoms with Gasteiger partial charge in [0.2, 0.25) is 48.3 Å². The molecule has 20 aliphatic rings. The van der Waals surface area contributed by atoms with Crippen molar-refractivity contribution in [2.75, 3.05) is 0 Å². The molecule has 84 heavy (non-hydrogen) atoms. The summed E-state index contributed by atoms with van der Waals surface area (Å²) in [6, 6.07) is 0. The maximum atomic E-state index is 15.7. The van der Waals surface area contributed by atoms with Gasteiger partial charge in [0.15, 0.2) is 22.4 Å². The van der Waals surface area contributed by atoms with Crippen LogP contribution in [-0.4, -0.2) is 94.6 Å². The molecule has 4 saturated carbocycles. The second-order valence-corrected chi connectivity index (χ2v) is 31.1. The minimum absolute atomic E-state index is 0.00219. The smallest absolute Gasteiger partial charge is 0.314 e. The Labute approximate surface area is 492 Å². The van der Waals surface area contributed by atoms with Crippen molar-refractivity contribution in [3.05, 3.63) is 0 Å². The van der Waals surface area contributed by atoms with Crippen molar-refractivity contribution in [3.8, 4) is 0 Å². The molecule has 466 valence electrons. The molecule has 16 saturated heterocycles. The Morgan fingerprint density at radius 1 is 0.345 bits per heavy atom. The maximum Gasteiger partial charge on any atom is 0.314 e. The molecular weight excluding hydrogens is 1090 g/mol. The van der Waals surface area contributed by atoms with Gasteiger partial charge in [0.25, 0.3) is 0 Å². The van der Waals surface area contributed by atoms with E-state index in [-0.39, 0.29) is 84.0 Å². The Balaban J connectivity index is 0.725. The Bertz CT molecular complexity index is 2530. The summed E-state index contributed by atoms with van der Waals surface area (Å²) >= 11 is 0. The minimum atomic E-state index is -1.22. The molecule has 4 aliphatic carbocycles. The van der Waals surface area contributed by atoms with Crippen LogP contribution in [0.2, 0.25) is 0 Å². The van der Waals surface area contributed by atoms with Gasteiger partial charge in [0.05, 0.1) is 22.7 Å². The second-order valence-electron chi connectivity index (χ2n) is 31.1. The summed E-state index contributed by atoms with van der Waals surface area (Å²) in [5.74, 6) is -7.97. The predicted octanol–water partition coefficient (Wildman–Crippen LogP) is 10.4. The first kappa shape index (κ1) is 56.6. The molecule has 0 aromatic rings. The van der Waals surface area contributed by atoms with Gasteiger partial charge >= 0.3 is 23.9 Å². The Morgan fingerprint density at radius 3 is 1.01 bits per heavy atom. The van der Waals surface area contributed by atoms with E-state index >= 15 is 19.2 Å². The lowest BCUT2D eigenvalue weighted by atomic mass is 9.49. The molecule has 4 spiro atoms. The number of fused-ring (bicyclic) bond motifs is 8. The quantitative estimate of drug-likeness (QED) is 0.0813. The molecule has 20 fully saturated rings. The molecule has 16 aliphatic heterocycles. The summed E-state index contributed by atoms with van der Waals surface area (Å²) in [5, 5.41) is 0. The zero-order valence-corrected chi connectivity index (χ0v) is 50.5. The number of hydrogen-bond acceptors (Lipinski definition) is 20. The van der Waals surface area contributed by atoms with Gasteiger partial charge in [0.1, 0.15) is 0 Å². The van der Waals surface area contributed by atoms with Crippen LogP contribution in [0.15, 0.2) is 0 Å². The first-order valence-corrected chi connectivity index (χ1v) is 33.1. The van der Waals surface area contributed by atoms with Gasteiger partial charge in [-0.3, -0.25) is 19.2 Å². The third-order valence-electron chi connectivity index (χ3n) is 26.7. The number of rotatable bonds is 11. The Morgan fingerprint density at radius 2 is 0.655 bits per heavy atom. The number of ether oxygens (including phenoxy) is 8. The molecule has 0 aromatic carbocycles. The topological polar surface area (TPSA) is 216 Å². The summed E-state index contributed by atoms with van der Waals surface area (Å²) < 4.78 is 52.8. The molecule has 0 radical (unpaired) electrons. The highest BCUT2D eigenvalue weighted by molar-refractivity contribution is 5.82. The molecule has 20 rings (SSSR count). The lowest BCUT2D eigenvalue weighted by molar-refractivity contribution is -0.564. The first-order valence-electron chi connectivity index (χ1n) is 33.1. The normalized spacial score (nSPS) is 58.0. The van der Waals surface area contributed by atoms with E-state index in [9.17, 15) is 0 Å². The van der Waals surface area contributed by atoms with Crippen LogP contribution in [0.5, 0.6) is 0 Å². The number of esters is 4. The van der Waals surface area contributed by atoms with Crippen molar-refractivity contribution in [1.29, 1.82) is 0 Å². The molecule has 16 heterocycles. The fourth-order valence-electron chi connectivity index (χ4n) is 22.4. The van der Waals surface area contributed by atoms with E-state index < -0.39 is 117 Å². The third-order valence-corrected chi connectivity index (χ3v) is 26.7. The summed E-state index contributed by atoms with van der Waals surface area (Å²) in [6.07, 6.45) is 11.4. The first-order chi connectivity index (χ1) is 40.1. The van der Waals surface area contributed by atoms with E-state index in [0.717, 1.165) is 51.4 Å². The Kier molecular flexibility index (Phi) is 12.8. The van der Waals surface area contributed by atoms with Gasteiger partial charge < -0.3 is 37.9 Å². The van der Waals surface area contributed by atoms with Crippen LogP contribution in [0.1, 0.15) is 209 Å². The number of carbonyl (C=O) groups is 4. The van der Waals surface area contributed by atoms with E-state index in [1.807, 2.05) is 27.7 Å². The Hall–Kier alpha value is -2.60. The van der Waals surface area contributed by atoms with Crippen LogP contribution in [0.25, 0.3) is 0 Å². The molecule has 20 heteroatoms. The van der Waals surface area contributed by atoms with Crippen LogP contribution >= 0.6 is 0 Å². The highest BCUT2D eigenvalue weighted by Gasteiger charge is 2.80. The molecule has 8 bridgehead atoms. The van der Waals surface area contributed by atoms with Gasteiger partial charge in [0, 0.05) is 73.0 Å². The van der Waals surface area contributed by atoms with Crippen molar-refractivity contribution in [2.24, 2.45) is 93.7 Å². The molecule has 28 atom stereocenters. The zero-order chi connectivity index (χ0) is 58.0. The number of carbonyl (C=O) groups excluding carboxylic acids is 4. The maximum absolute atomic E-state index is 15.7. The highest BCUT2D eigenvalue weighted by Crippen LogP contribution is 2.70. The van der Waals surface area contributed by atoms with Gasteiger partial charge in [-0.1, -0.05) is 53.4 Å². The number of unbranched alkanes of at least 4 members (excludes halogenated alkanes) is 3. The summed E-state index contributed by atoms with van der Waals surface area (Å²) in [6.45, 7) is 16.4.